The molecule has 0 unspecified atom stereocenters. The Kier molecular flexibility index (Phi) is 2.42. The zero-order chi connectivity index (χ0) is 9.35. The lowest BCUT2D eigenvalue weighted by Crippen LogP contribution is -2.22. The van der Waals surface area contributed by atoms with E-state index in [1.807, 2.05) is 0 Å². The minimum absolute atomic E-state index is 0.384. The first kappa shape index (κ1) is 9.52. The fraction of sp³-hybridized carbons (Fsp3) is 0.167. The molecule has 0 bridgehead atoms. The summed E-state index contributed by atoms with van der Waals surface area (Å²) in [6.45, 7) is 0. The first-order valence-electron chi connectivity index (χ1n) is 2.99. The number of nitrogens with zero attached hydrogens (tertiary/aromatic N) is 1. The summed E-state index contributed by atoms with van der Waals surface area (Å²) in [6, 6.07) is 0.610. The van der Waals surface area contributed by atoms with Gasteiger partial charge in [0.1, 0.15) is 11.6 Å². The van der Waals surface area contributed by atoms with E-state index in [1.165, 1.54) is 0 Å². The number of rotatable bonds is 1. The molecule has 0 spiro atoms. The monoisotopic (exact) mass is 183 g/mol. The molecule has 0 aliphatic rings. The Morgan fingerprint density at radius 1 is 1.42 bits per heavy atom. The summed E-state index contributed by atoms with van der Waals surface area (Å²) in [5.41, 5.74) is -0.384. The van der Waals surface area contributed by atoms with E-state index in [1.54, 1.807) is 0 Å². The molecular formula is C6H2B2ClF2N. The number of aromatic nitrogens is 1. The average Bonchev–Trinajstić information content (AvgIpc) is 1.83. The first-order valence-corrected chi connectivity index (χ1v) is 3.37. The predicted molar refractivity (Wildman–Crippen MR) is 43.2 cm³/mol. The van der Waals surface area contributed by atoms with Crippen LogP contribution < -0.4 is 0 Å². The maximum Gasteiger partial charge on any atom is 0.147 e. The molecule has 1 aromatic rings. The number of hydrogen-bond acceptors (Lipinski definition) is 1. The molecule has 0 aliphatic heterocycles. The standard InChI is InChI=1S/C6H2B2ClF2N/c7-6(8,9)5-4(11)1-3(10)2-12-5/h1-2H. The summed E-state index contributed by atoms with van der Waals surface area (Å²) < 4.78 is 23.2. The lowest BCUT2D eigenvalue weighted by molar-refractivity contribution is 0.560. The second-order valence-electron chi connectivity index (χ2n) is 2.25. The highest BCUT2D eigenvalue weighted by atomic mass is 35.5. The van der Waals surface area contributed by atoms with Crippen LogP contribution in [0.25, 0.3) is 0 Å². The van der Waals surface area contributed by atoms with Gasteiger partial charge in [0.2, 0.25) is 0 Å². The van der Waals surface area contributed by atoms with Gasteiger partial charge < -0.3 is 0 Å². The van der Waals surface area contributed by atoms with Crippen molar-refractivity contribution < 1.29 is 8.78 Å². The van der Waals surface area contributed by atoms with E-state index >= 15 is 0 Å². The van der Waals surface area contributed by atoms with Crippen molar-refractivity contribution in [2.45, 2.75) is 4.67 Å². The smallest absolute Gasteiger partial charge is 0.147 e. The van der Waals surface area contributed by atoms with Crippen LogP contribution in [0.4, 0.5) is 8.78 Å². The van der Waals surface area contributed by atoms with Gasteiger partial charge in [-0.2, -0.15) is 0 Å². The molecule has 58 valence electrons. The summed E-state index contributed by atoms with van der Waals surface area (Å²) in [5.74, 6) is -1.77. The molecule has 1 nitrogen and oxygen atoms in total. The van der Waals surface area contributed by atoms with Gasteiger partial charge in [-0.1, -0.05) is 0 Å². The summed E-state index contributed by atoms with van der Waals surface area (Å²) in [7, 11) is 10.3. The minimum Gasteiger partial charge on any atom is -0.255 e. The van der Waals surface area contributed by atoms with Gasteiger partial charge in [0.25, 0.3) is 0 Å². The largest absolute Gasteiger partial charge is 0.255 e. The van der Waals surface area contributed by atoms with E-state index in [0.717, 1.165) is 6.20 Å². The van der Waals surface area contributed by atoms with Gasteiger partial charge in [0.15, 0.2) is 0 Å². The van der Waals surface area contributed by atoms with Crippen molar-refractivity contribution in [3.8, 4) is 0 Å². The molecule has 0 saturated heterocycles. The third-order valence-electron chi connectivity index (χ3n) is 1.17. The molecule has 1 heterocycles. The molecule has 12 heavy (non-hydrogen) atoms. The third kappa shape index (κ3) is 1.97. The maximum atomic E-state index is 12.8. The highest BCUT2D eigenvalue weighted by Crippen LogP contribution is 2.21. The summed E-state index contributed by atoms with van der Waals surface area (Å²) in [6.07, 6.45) is 0.787. The molecule has 0 saturated carbocycles. The van der Waals surface area contributed by atoms with E-state index in [0.29, 0.717) is 6.07 Å². The fourth-order valence-corrected chi connectivity index (χ4v) is 0.836. The molecule has 1 aromatic heterocycles. The summed E-state index contributed by atoms with van der Waals surface area (Å²) in [4.78, 5) is 3.32. The second kappa shape index (κ2) is 3.05. The number of alkyl halides is 1. The molecule has 0 N–H and O–H groups in total. The Bertz CT molecular complexity index is 300. The van der Waals surface area contributed by atoms with Crippen LogP contribution in [0, 0.1) is 11.6 Å². The van der Waals surface area contributed by atoms with Crippen LogP contribution in [0.5, 0.6) is 0 Å². The Labute approximate surface area is 76.0 Å². The van der Waals surface area contributed by atoms with Crippen molar-refractivity contribution >= 4 is 27.3 Å². The third-order valence-corrected chi connectivity index (χ3v) is 1.35. The van der Waals surface area contributed by atoms with Crippen LogP contribution in [-0.4, -0.2) is 20.7 Å². The van der Waals surface area contributed by atoms with E-state index in [9.17, 15) is 8.78 Å². The zero-order valence-corrected chi connectivity index (χ0v) is 6.65. The topological polar surface area (TPSA) is 12.9 Å². The van der Waals surface area contributed by atoms with Crippen molar-refractivity contribution in [3.63, 3.8) is 0 Å². The predicted octanol–water partition coefficient (Wildman–Crippen LogP) is 1.05. The van der Waals surface area contributed by atoms with Crippen LogP contribution in [0.2, 0.25) is 0 Å². The minimum atomic E-state index is -1.90. The van der Waals surface area contributed by atoms with Gasteiger partial charge in [-0.25, -0.2) is 8.78 Å². The number of halogens is 3. The van der Waals surface area contributed by atoms with Gasteiger partial charge in [-0.3, -0.25) is 4.98 Å². The normalized spacial score (nSPS) is 11.6. The highest BCUT2D eigenvalue weighted by Gasteiger charge is 2.21. The van der Waals surface area contributed by atoms with Crippen LogP contribution in [0.1, 0.15) is 5.69 Å². The van der Waals surface area contributed by atoms with Gasteiger partial charge >= 0.3 is 0 Å². The van der Waals surface area contributed by atoms with Crippen molar-refractivity contribution in [1.29, 1.82) is 0 Å². The molecule has 0 amide bonds. The first-order chi connectivity index (χ1) is 5.41. The molecule has 1 rings (SSSR count). The van der Waals surface area contributed by atoms with Gasteiger partial charge in [-0.05, 0) is 0 Å². The van der Waals surface area contributed by atoms with Crippen LogP contribution in [-0.2, 0) is 4.67 Å². The Morgan fingerprint density at radius 3 is 2.42 bits per heavy atom. The van der Waals surface area contributed by atoms with Crippen LogP contribution >= 0.6 is 11.6 Å². The van der Waals surface area contributed by atoms with E-state index < -0.39 is 16.3 Å². The summed E-state index contributed by atoms with van der Waals surface area (Å²) >= 11 is 5.35. The van der Waals surface area contributed by atoms with Crippen molar-refractivity contribution in [1.82, 2.24) is 4.98 Å². The SMILES string of the molecule is [B]C([B])(Cl)c1ncc(F)cc1F. The van der Waals surface area contributed by atoms with Crippen LogP contribution in [0.3, 0.4) is 0 Å². The Hall–Kier alpha value is -0.570. The Balaban J connectivity index is 3.19. The van der Waals surface area contributed by atoms with Crippen molar-refractivity contribution in [2.24, 2.45) is 0 Å². The zero-order valence-electron chi connectivity index (χ0n) is 5.89. The number of hydrogen-bond donors (Lipinski definition) is 0. The fourth-order valence-electron chi connectivity index (χ4n) is 0.697. The summed E-state index contributed by atoms with van der Waals surface area (Å²) in [5, 5.41) is 0. The maximum absolute atomic E-state index is 12.8. The number of pyridine rings is 1. The molecular weight excluding hydrogens is 181 g/mol. The van der Waals surface area contributed by atoms with Crippen LogP contribution in [0.15, 0.2) is 12.3 Å². The Morgan fingerprint density at radius 2 is 2.00 bits per heavy atom. The quantitative estimate of drug-likeness (QED) is 0.468. The van der Waals surface area contributed by atoms with Crippen molar-refractivity contribution in [3.05, 3.63) is 29.6 Å². The van der Waals surface area contributed by atoms with Crippen molar-refractivity contribution in [2.75, 3.05) is 0 Å². The molecule has 0 fully saturated rings. The molecule has 0 atom stereocenters. The average molecular weight is 183 g/mol. The molecule has 0 aromatic carbocycles. The molecule has 0 aliphatic carbocycles. The second-order valence-corrected chi connectivity index (χ2v) is 2.88. The van der Waals surface area contributed by atoms with E-state index in [-0.39, 0.29) is 5.69 Å². The van der Waals surface area contributed by atoms with Gasteiger partial charge in [-0.15, -0.1) is 11.6 Å². The lowest BCUT2D eigenvalue weighted by atomic mass is 9.67. The van der Waals surface area contributed by atoms with E-state index in [4.69, 9.17) is 27.3 Å². The molecule has 4 radical (unpaired) electrons. The van der Waals surface area contributed by atoms with E-state index in [2.05, 4.69) is 4.98 Å². The highest BCUT2D eigenvalue weighted by molar-refractivity contribution is 6.61. The van der Waals surface area contributed by atoms with Gasteiger partial charge in [0.05, 0.1) is 27.6 Å². The van der Waals surface area contributed by atoms with Gasteiger partial charge in [0, 0.05) is 10.7 Å². The lowest BCUT2D eigenvalue weighted by Gasteiger charge is -2.16. The molecule has 6 heteroatoms.